The summed E-state index contributed by atoms with van der Waals surface area (Å²) < 4.78 is 7.95. The van der Waals surface area contributed by atoms with E-state index in [1.54, 1.807) is 0 Å². The number of aromatic amines is 1. The summed E-state index contributed by atoms with van der Waals surface area (Å²) in [5.41, 5.74) is 2.96. The number of hydrogen-bond donors (Lipinski definition) is 2. The molecule has 0 unspecified atom stereocenters. The van der Waals surface area contributed by atoms with Crippen molar-refractivity contribution in [2.24, 2.45) is 7.05 Å². The number of morpholine rings is 1. The zero-order valence-corrected chi connectivity index (χ0v) is 15.4. The molecular weight excluding hydrogens is 330 g/mol. The Morgan fingerprint density at radius 3 is 2.96 bits per heavy atom. The number of H-pyrrole nitrogens is 1. The van der Waals surface area contributed by atoms with Crippen LogP contribution in [0.25, 0.3) is 0 Å². The predicted molar refractivity (Wildman–Crippen MR) is 98.0 cm³/mol. The van der Waals surface area contributed by atoms with Gasteiger partial charge in [-0.3, -0.25) is 14.4 Å². The molecule has 1 aliphatic heterocycles. The van der Waals surface area contributed by atoms with Crippen LogP contribution in [-0.2, 0) is 11.8 Å². The number of nitrogens with one attached hydrogen (secondary N) is 2. The summed E-state index contributed by atoms with van der Waals surface area (Å²) >= 11 is 0. The van der Waals surface area contributed by atoms with Gasteiger partial charge in [-0.25, -0.2) is 0 Å². The quantitative estimate of drug-likeness (QED) is 0.827. The predicted octanol–water partition coefficient (Wildman–Crippen LogP) is 1.82. The van der Waals surface area contributed by atoms with E-state index in [4.69, 9.17) is 4.74 Å². The molecule has 2 N–H and O–H groups in total. The highest BCUT2D eigenvalue weighted by Gasteiger charge is 2.35. The molecule has 0 radical (unpaired) electrons. The Kier molecular flexibility index (Phi) is 4.82. The van der Waals surface area contributed by atoms with Crippen LogP contribution in [0.1, 0.15) is 53.5 Å². The van der Waals surface area contributed by atoms with Crippen molar-refractivity contribution in [3.63, 3.8) is 0 Å². The average Bonchev–Trinajstić information content (AvgIpc) is 3.22. The van der Waals surface area contributed by atoms with Crippen LogP contribution in [0.15, 0.2) is 24.5 Å². The van der Waals surface area contributed by atoms with Crippen LogP contribution < -0.4 is 5.32 Å². The second-order valence-electron chi connectivity index (χ2n) is 7.15. The number of likely N-dealkylation sites (N-methyl/N-ethyl adjacent to an activating group) is 1. The number of amides is 1. The van der Waals surface area contributed by atoms with Crippen molar-refractivity contribution in [3.8, 4) is 0 Å². The molecule has 0 aromatic carbocycles. The molecule has 2 fully saturated rings. The highest BCUT2D eigenvalue weighted by Crippen LogP contribution is 2.41. The fraction of sp³-hybridized carbons (Fsp3) is 0.579. The van der Waals surface area contributed by atoms with Gasteiger partial charge >= 0.3 is 0 Å². The molecule has 1 saturated carbocycles. The monoisotopic (exact) mass is 357 g/mol. The van der Waals surface area contributed by atoms with E-state index in [0.29, 0.717) is 24.8 Å². The SMILES string of the molecule is CCN1CCO[C@@H](CNC(=O)c2[nH]ccc2C2CC2)[C@@H]1c1ccnn1C. The van der Waals surface area contributed by atoms with Crippen molar-refractivity contribution >= 4 is 5.91 Å². The number of nitrogens with zero attached hydrogens (tertiary/aromatic N) is 3. The summed E-state index contributed by atoms with van der Waals surface area (Å²) in [6.45, 7) is 5.14. The van der Waals surface area contributed by atoms with Gasteiger partial charge in [-0.15, -0.1) is 0 Å². The van der Waals surface area contributed by atoms with E-state index in [-0.39, 0.29) is 18.1 Å². The van der Waals surface area contributed by atoms with Gasteiger partial charge in [0.15, 0.2) is 0 Å². The maximum atomic E-state index is 12.7. The first kappa shape index (κ1) is 17.3. The van der Waals surface area contributed by atoms with Gasteiger partial charge in [-0.2, -0.15) is 5.10 Å². The molecule has 0 spiro atoms. The first-order valence-corrected chi connectivity index (χ1v) is 9.48. The highest BCUT2D eigenvalue weighted by atomic mass is 16.5. The number of carbonyl (C=O) groups excluding carboxylic acids is 1. The number of aromatic nitrogens is 3. The zero-order chi connectivity index (χ0) is 18.1. The van der Waals surface area contributed by atoms with E-state index >= 15 is 0 Å². The Hall–Kier alpha value is -2.12. The smallest absolute Gasteiger partial charge is 0.268 e. The van der Waals surface area contributed by atoms with E-state index in [9.17, 15) is 4.79 Å². The van der Waals surface area contributed by atoms with Crippen LogP contribution >= 0.6 is 0 Å². The normalized spacial score (nSPS) is 23.9. The molecule has 7 heteroatoms. The maximum absolute atomic E-state index is 12.7. The van der Waals surface area contributed by atoms with Crippen molar-refractivity contribution in [1.82, 2.24) is 25.0 Å². The molecule has 3 heterocycles. The summed E-state index contributed by atoms with van der Waals surface area (Å²) in [6, 6.07) is 4.15. The van der Waals surface area contributed by atoms with Gasteiger partial charge in [0.2, 0.25) is 0 Å². The number of aryl methyl sites for hydroxylation is 1. The second-order valence-corrected chi connectivity index (χ2v) is 7.15. The summed E-state index contributed by atoms with van der Waals surface area (Å²) in [7, 11) is 1.95. The lowest BCUT2D eigenvalue weighted by atomic mass is 10.0. The summed E-state index contributed by atoms with van der Waals surface area (Å²) in [5, 5.41) is 7.39. The van der Waals surface area contributed by atoms with E-state index in [0.717, 1.165) is 24.3 Å². The maximum Gasteiger partial charge on any atom is 0.268 e. The largest absolute Gasteiger partial charge is 0.373 e. The Morgan fingerprint density at radius 1 is 1.42 bits per heavy atom. The lowest BCUT2D eigenvalue weighted by molar-refractivity contribution is -0.0709. The Morgan fingerprint density at radius 2 is 2.27 bits per heavy atom. The fourth-order valence-corrected chi connectivity index (χ4v) is 3.96. The fourth-order valence-electron chi connectivity index (χ4n) is 3.96. The summed E-state index contributed by atoms with van der Waals surface area (Å²) in [6.07, 6.45) is 5.93. The van der Waals surface area contributed by atoms with Crippen molar-refractivity contribution in [2.75, 3.05) is 26.2 Å². The minimum atomic E-state index is -0.0950. The van der Waals surface area contributed by atoms with Crippen LogP contribution in [0.5, 0.6) is 0 Å². The number of hydrogen-bond acceptors (Lipinski definition) is 4. The van der Waals surface area contributed by atoms with Gasteiger partial charge in [0.05, 0.1) is 24.4 Å². The molecule has 26 heavy (non-hydrogen) atoms. The lowest BCUT2D eigenvalue weighted by Crippen LogP contribution is -2.50. The molecule has 1 aliphatic carbocycles. The van der Waals surface area contributed by atoms with E-state index in [2.05, 4.69) is 27.2 Å². The van der Waals surface area contributed by atoms with Gasteiger partial charge in [0, 0.05) is 32.5 Å². The first-order chi connectivity index (χ1) is 12.7. The van der Waals surface area contributed by atoms with Crippen LogP contribution in [-0.4, -0.2) is 57.9 Å². The highest BCUT2D eigenvalue weighted by molar-refractivity contribution is 5.94. The zero-order valence-electron chi connectivity index (χ0n) is 15.4. The molecule has 2 aliphatic rings. The first-order valence-electron chi connectivity index (χ1n) is 9.48. The van der Waals surface area contributed by atoms with E-state index in [1.165, 1.54) is 12.8 Å². The van der Waals surface area contributed by atoms with Gasteiger partial charge in [-0.1, -0.05) is 6.92 Å². The molecule has 140 valence electrons. The lowest BCUT2D eigenvalue weighted by Gasteiger charge is -2.40. The van der Waals surface area contributed by atoms with Crippen LogP contribution in [0, 0.1) is 0 Å². The minimum Gasteiger partial charge on any atom is -0.373 e. The minimum absolute atomic E-state index is 0.0436. The average molecular weight is 357 g/mol. The van der Waals surface area contributed by atoms with Gasteiger partial charge in [0.1, 0.15) is 5.69 Å². The molecular formula is C19H27N5O2. The number of rotatable bonds is 6. The Balaban J connectivity index is 1.47. The number of carbonyl (C=O) groups is 1. The van der Waals surface area contributed by atoms with Crippen molar-refractivity contribution < 1.29 is 9.53 Å². The van der Waals surface area contributed by atoms with Gasteiger partial charge in [0.25, 0.3) is 5.91 Å². The van der Waals surface area contributed by atoms with Crippen LogP contribution in [0.4, 0.5) is 0 Å². The van der Waals surface area contributed by atoms with E-state index in [1.807, 2.05) is 36.3 Å². The molecule has 2 aromatic rings. The molecule has 2 aromatic heterocycles. The molecule has 2 atom stereocenters. The number of ether oxygens (including phenoxy) is 1. The Labute approximate surface area is 153 Å². The summed E-state index contributed by atoms with van der Waals surface area (Å²) in [5.74, 6) is 0.503. The van der Waals surface area contributed by atoms with E-state index < -0.39 is 0 Å². The molecule has 1 saturated heterocycles. The Bertz CT molecular complexity index is 764. The topological polar surface area (TPSA) is 75.2 Å². The van der Waals surface area contributed by atoms with Crippen LogP contribution in [0.3, 0.4) is 0 Å². The van der Waals surface area contributed by atoms with Crippen LogP contribution in [0.2, 0.25) is 0 Å². The molecule has 7 nitrogen and oxygen atoms in total. The third-order valence-electron chi connectivity index (χ3n) is 5.51. The van der Waals surface area contributed by atoms with Gasteiger partial charge < -0.3 is 15.0 Å². The van der Waals surface area contributed by atoms with Crippen molar-refractivity contribution in [3.05, 3.63) is 41.5 Å². The second kappa shape index (κ2) is 7.25. The third-order valence-corrected chi connectivity index (χ3v) is 5.51. The molecule has 1 amide bonds. The van der Waals surface area contributed by atoms with Crippen molar-refractivity contribution in [2.45, 2.75) is 37.8 Å². The third kappa shape index (κ3) is 3.29. The molecule has 4 rings (SSSR count). The van der Waals surface area contributed by atoms with Gasteiger partial charge in [-0.05, 0) is 43.0 Å². The van der Waals surface area contributed by atoms with Crippen molar-refractivity contribution in [1.29, 1.82) is 0 Å². The standard InChI is InChI=1S/C19H27N5O2/c1-3-24-10-11-26-16(18(24)15-7-9-22-23(15)2)12-21-19(25)17-14(6-8-20-17)13-4-5-13/h6-9,13,16,18,20H,3-5,10-12H2,1-2H3,(H,21,25)/t16-,18-/m0/s1. The molecule has 0 bridgehead atoms. The summed E-state index contributed by atoms with van der Waals surface area (Å²) in [4.78, 5) is 18.2.